The van der Waals surface area contributed by atoms with Crippen LogP contribution in [0, 0.1) is 18.7 Å². The van der Waals surface area contributed by atoms with Gasteiger partial charge in [-0.05, 0) is 37.8 Å². The molecule has 1 atom stereocenters. The van der Waals surface area contributed by atoms with E-state index in [0.717, 1.165) is 6.20 Å². The van der Waals surface area contributed by atoms with E-state index in [1.54, 1.807) is 13.0 Å². The summed E-state index contributed by atoms with van der Waals surface area (Å²) in [6, 6.07) is 0.960. The molecular formula is C18H15F4N5O. The summed E-state index contributed by atoms with van der Waals surface area (Å²) in [6.07, 6.45) is -0.0489. The monoisotopic (exact) mass is 393 g/mol. The highest BCUT2D eigenvalue weighted by molar-refractivity contribution is 6.00. The summed E-state index contributed by atoms with van der Waals surface area (Å²) in [4.78, 5) is 20.6. The van der Waals surface area contributed by atoms with Gasteiger partial charge in [0.25, 0.3) is 5.91 Å². The number of hydrogen-bond donors (Lipinski definition) is 1. The first-order valence-corrected chi connectivity index (χ1v) is 8.58. The topological polar surface area (TPSA) is 72.2 Å². The van der Waals surface area contributed by atoms with E-state index in [9.17, 15) is 22.4 Å². The third kappa shape index (κ3) is 3.41. The summed E-state index contributed by atoms with van der Waals surface area (Å²) >= 11 is 0. The Morgan fingerprint density at radius 1 is 1.25 bits per heavy atom. The Kier molecular flexibility index (Phi) is 4.28. The number of amides is 1. The van der Waals surface area contributed by atoms with Gasteiger partial charge in [0, 0.05) is 17.5 Å². The first-order chi connectivity index (χ1) is 13.2. The van der Waals surface area contributed by atoms with Crippen LogP contribution in [-0.2, 0) is 0 Å². The first kappa shape index (κ1) is 18.3. The van der Waals surface area contributed by atoms with Gasteiger partial charge in [0.05, 0.1) is 18.1 Å². The standard InChI is InChI=1S/C18H15F4N5O/c1-9-4-14(11-5-12(19)7-23-6-11)25-16-13(8-24-27(9)16)17(28)26-15(10-2-3-10)18(20,21)22/h4-8,10,15H,2-3H2,1H3,(H,26,28)/t15-/m1/s1. The third-order valence-corrected chi connectivity index (χ3v) is 4.63. The molecule has 1 N–H and O–H groups in total. The fourth-order valence-electron chi connectivity index (χ4n) is 3.09. The maximum absolute atomic E-state index is 13.5. The summed E-state index contributed by atoms with van der Waals surface area (Å²) < 4.78 is 54.5. The zero-order valence-electron chi connectivity index (χ0n) is 14.7. The molecule has 0 aromatic carbocycles. The van der Waals surface area contributed by atoms with Crippen molar-refractivity contribution < 1.29 is 22.4 Å². The molecule has 0 spiro atoms. The fraction of sp³-hybridized carbons (Fsp3) is 0.333. The lowest BCUT2D eigenvalue weighted by Gasteiger charge is -2.20. The van der Waals surface area contributed by atoms with Crippen LogP contribution < -0.4 is 5.32 Å². The third-order valence-electron chi connectivity index (χ3n) is 4.63. The van der Waals surface area contributed by atoms with Crippen LogP contribution in [0.25, 0.3) is 16.9 Å². The predicted octanol–water partition coefficient (Wildman–Crippen LogP) is 3.31. The summed E-state index contributed by atoms with van der Waals surface area (Å²) in [7, 11) is 0. The Morgan fingerprint density at radius 2 is 2.00 bits per heavy atom. The Morgan fingerprint density at radius 3 is 2.64 bits per heavy atom. The van der Waals surface area contributed by atoms with Crippen molar-refractivity contribution in [3.63, 3.8) is 0 Å². The fourth-order valence-corrected chi connectivity index (χ4v) is 3.09. The van der Waals surface area contributed by atoms with Gasteiger partial charge < -0.3 is 5.32 Å². The van der Waals surface area contributed by atoms with E-state index in [4.69, 9.17) is 0 Å². The molecule has 0 bridgehead atoms. The second-order valence-electron chi connectivity index (χ2n) is 6.80. The van der Waals surface area contributed by atoms with Crippen LogP contribution in [0.15, 0.2) is 30.7 Å². The van der Waals surface area contributed by atoms with Crippen LogP contribution >= 0.6 is 0 Å². The molecule has 0 aliphatic heterocycles. The lowest BCUT2D eigenvalue weighted by Crippen LogP contribution is -2.46. The molecule has 1 saturated carbocycles. The number of carbonyl (C=O) groups is 1. The molecule has 28 heavy (non-hydrogen) atoms. The van der Waals surface area contributed by atoms with Gasteiger partial charge in [0.2, 0.25) is 0 Å². The first-order valence-electron chi connectivity index (χ1n) is 8.58. The minimum absolute atomic E-state index is 0.0794. The molecular weight excluding hydrogens is 378 g/mol. The summed E-state index contributed by atoms with van der Waals surface area (Å²) in [5.74, 6) is -2.05. The summed E-state index contributed by atoms with van der Waals surface area (Å²) in [5, 5.41) is 6.12. The Bertz CT molecular complexity index is 1060. The van der Waals surface area contributed by atoms with Crippen LogP contribution in [0.1, 0.15) is 28.9 Å². The largest absolute Gasteiger partial charge is 0.408 e. The lowest BCUT2D eigenvalue weighted by molar-refractivity contribution is -0.158. The lowest BCUT2D eigenvalue weighted by atomic mass is 10.1. The molecule has 1 fully saturated rings. The van der Waals surface area contributed by atoms with Gasteiger partial charge >= 0.3 is 6.18 Å². The summed E-state index contributed by atoms with van der Waals surface area (Å²) in [5.41, 5.74) is 1.31. The van der Waals surface area contributed by atoms with Crippen LogP contribution in [0.4, 0.5) is 17.6 Å². The second-order valence-corrected chi connectivity index (χ2v) is 6.80. The Labute approximate surface area is 156 Å². The van der Waals surface area contributed by atoms with Crippen molar-refractivity contribution in [3.05, 3.63) is 47.8 Å². The quantitative estimate of drug-likeness (QED) is 0.691. The molecule has 1 amide bonds. The van der Waals surface area contributed by atoms with Crippen molar-refractivity contribution in [1.29, 1.82) is 0 Å². The highest BCUT2D eigenvalue weighted by Gasteiger charge is 2.49. The predicted molar refractivity (Wildman–Crippen MR) is 90.9 cm³/mol. The maximum Gasteiger partial charge on any atom is 0.408 e. The normalized spacial score (nSPS) is 15.6. The van der Waals surface area contributed by atoms with Crippen molar-refractivity contribution in [1.82, 2.24) is 24.9 Å². The maximum atomic E-state index is 13.5. The minimum Gasteiger partial charge on any atom is -0.340 e. The number of nitrogens with zero attached hydrogens (tertiary/aromatic N) is 4. The number of pyridine rings is 1. The molecule has 146 valence electrons. The Balaban J connectivity index is 1.72. The molecule has 10 heteroatoms. The average molecular weight is 393 g/mol. The highest BCUT2D eigenvalue weighted by atomic mass is 19.4. The van der Waals surface area contributed by atoms with E-state index >= 15 is 0 Å². The molecule has 1 aliphatic carbocycles. The Hall–Kier alpha value is -3.04. The van der Waals surface area contributed by atoms with Gasteiger partial charge in [-0.1, -0.05) is 0 Å². The number of halogens is 4. The number of rotatable bonds is 4. The van der Waals surface area contributed by atoms with Crippen LogP contribution in [0.5, 0.6) is 0 Å². The molecule has 3 heterocycles. The van der Waals surface area contributed by atoms with Gasteiger partial charge in [-0.15, -0.1) is 0 Å². The number of nitrogens with one attached hydrogen (secondary N) is 1. The van der Waals surface area contributed by atoms with Crippen molar-refractivity contribution in [2.24, 2.45) is 5.92 Å². The zero-order valence-corrected chi connectivity index (χ0v) is 14.7. The molecule has 4 rings (SSSR count). The molecule has 3 aromatic heterocycles. The number of fused-ring (bicyclic) bond motifs is 1. The minimum atomic E-state index is -4.53. The van der Waals surface area contributed by atoms with Gasteiger partial charge in [-0.3, -0.25) is 9.78 Å². The van der Waals surface area contributed by atoms with E-state index in [1.807, 2.05) is 0 Å². The summed E-state index contributed by atoms with van der Waals surface area (Å²) in [6.45, 7) is 1.70. The van der Waals surface area contributed by atoms with Gasteiger partial charge in [0.1, 0.15) is 17.4 Å². The molecule has 0 radical (unpaired) electrons. The smallest absolute Gasteiger partial charge is 0.340 e. The zero-order chi connectivity index (χ0) is 20.1. The van der Waals surface area contributed by atoms with E-state index < -0.39 is 29.9 Å². The second kappa shape index (κ2) is 6.54. The number of aryl methyl sites for hydroxylation is 1. The average Bonchev–Trinajstić information content (AvgIpc) is 3.36. The van der Waals surface area contributed by atoms with Gasteiger partial charge in [-0.2, -0.15) is 18.3 Å². The van der Waals surface area contributed by atoms with Crippen molar-refractivity contribution in [3.8, 4) is 11.3 Å². The SMILES string of the molecule is Cc1cc(-c2cncc(F)c2)nc2c(C(=O)N[C@H](C3CC3)C(F)(F)F)cnn12. The number of alkyl halides is 3. The van der Waals surface area contributed by atoms with Crippen molar-refractivity contribution in [2.45, 2.75) is 32.0 Å². The number of aromatic nitrogens is 4. The molecule has 0 saturated heterocycles. The van der Waals surface area contributed by atoms with Crippen LogP contribution in [0.2, 0.25) is 0 Å². The number of hydrogen-bond acceptors (Lipinski definition) is 4. The van der Waals surface area contributed by atoms with Crippen LogP contribution in [0.3, 0.4) is 0 Å². The van der Waals surface area contributed by atoms with E-state index in [1.165, 1.54) is 23.0 Å². The molecule has 1 aliphatic rings. The van der Waals surface area contributed by atoms with Gasteiger partial charge in [0.15, 0.2) is 5.65 Å². The molecule has 3 aromatic rings. The molecule has 6 nitrogen and oxygen atoms in total. The van der Waals surface area contributed by atoms with E-state index in [0.29, 0.717) is 29.8 Å². The van der Waals surface area contributed by atoms with Crippen molar-refractivity contribution in [2.75, 3.05) is 0 Å². The highest BCUT2D eigenvalue weighted by Crippen LogP contribution is 2.40. The molecule has 0 unspecified atom stereocenters. The number of carbonyl (C=O) groups excluding carboxylic acids is 1. The van der Waals surface area contributed by atoms with E-state index in [-0.39, 0.29) is 11.2 Å². The van der Waals surface area contributed by atoms with Crippen LogP contribution in [-0.4, -0.2) is 37.7 Å². The van der Waals surface area contributed by atoms with Gasteiger partial charge in [-0.25, -0.2) is 13.9 Å². The van der Waals surface area contributed by atoms with E-state index in [2.05, 4.69) is 20.4 Å². The van der Waals surface area contributed by atoms with Crippen molar-refractivity contribution >= 4 is 11.6 Å².